The van der Waals surface area contributed by atoms with Crippen LogP contribution in [0.2, 0.25) is 0 Å². The van der Waals surface area contributed by atoms with Gasteiger partial charge < -0.3 is 0 Å². The third-order valence-electron chi connectivity index (χ3n) is 4.69. The van der Waals surface area contributed by atoms with Crippen molar-refractivity contribution in [2.24, 2.45) is 0 Å². The van der Waals surface area contributed by atoms with Crippen LogP contribution >= 0.6 is 0 Å². The van der Waals surface area contributed by atoms with Gasteiger partial charge in [-0.15, -0.1) is 0 Å². The van der Waals surface area contributed by atoms with Crippen molar-refractivity contribution in [1.29, 1.82) is 0 Å². The maximum atomic E-state index is 2.52. The van der Waals surface area contributed by atoms with E-state index in [9.17, 15) is 0 Å². The van der Waals surface area contributed by atoms with Crippen LogP contribution in [0, 0.1) is 0 Å². The van der Waals surface area contributed by atoms with E-state index in [2.05, 4.69) is 43.7 Å². The van der Waals surface area contributed by atoms with Crippen LogP contribution in [0.25, 0.3) is 0 Å². The van der Waals surface area contributed by atoms with Crippen LogP contribution in [-0.2, 0) is 0 Å². The lowest BCUT2D eigenvalue weighted by molar-refractivity contribution is -0.536. The molecule has 0 bridgehead atoms. The predicted octanol–water partition coefficient (Wildman–Crippen LogP) is 3.97. The quantitative estimate of drug-likeness (QED) is 0.436. The van der Waals surface area contributed by atoms with Crippen LogP contribution in [0.1, 0.15) is 52.9 Å². The molecule has 2 heterocycles. The highest BCUT2D eigenvalue weighted by molar-refractivity contribution is 5.74. The van der Waals surface area contributed by atoms with Crippen LogP contribution in [0.3, 0.4) is 0 Å². The van der Waals surface area contributed by atoms with E-state index >= 15 is 0 Å². The Hall–Kier alpha value is -1.11. The molecule has 0 aromatic carbocycles. The minimum Gasteiger partial charge on any atom is -0.190 e. The highest BCUT2D eigenvalue weighted by Crippen LogP contribution is 2.40. The first-order chi connectivity index (χ1) is 8.10. The number of nitrogens with zero attached hydrogens (tertiary/aromatic N) is 1. The lowest BCUT2D eigenvalue weighted by Crippen LogP contribution is -2.38. The molecule has 1 heteroatoms. The van der Waals surface area contributed by atoms with Crippen LogP contribution in [-0.4, -0.2) is 16.3 Å². The van der Waals surface area contributed by atoms with Gasteiger partial charge >= 0.3 is 0 Å². The smallest absolute Gasteiger partial charge is 0.190 e. The summed E-state index contributed by atoms with van der Waals surface area (Å²) < 4.78 is 2.52. The summed E-state index contributed by atoms with van der Waals surface area (Å²) in [5, 5.41) is 0. The monoisotopic (exact) mass is 228 g/mol. The summed E-state index contributed by atoms with van der Waals surface area (Å²) in [5.41, 5.74) is 6.47. The van der Waals surface area contributed by atoms with Crippen LogP contribution in [0.5, 0.6) is 0 Å². The molecule has 1 aliphatic carbocycles. The van der Waals surface area contributed by atoms with E-state index in [4.69, 9.17) is 0 Å². The van der Waals surface area contributed by atoms with Gasteiger partial charge in [-0.1, -0.05) is 6.08 Å². The molecule has 2 aliphatic heterocycles. The van der Waals surface area contributed by atoms with Crippen LogP contribution in [0.4, 0.5) is 0 Å². The Bertz CT molecular complexity index is 484. The third-order valence-corrected chi connectivity index (χ3v) is 4.69. The summed E-state index contributed by atoms with van der Waals surface area (Å²) in [6.07, 6.45) is 13.5. The first-order valence-corrected chi connectivity index (χ1v) is 6.84. The second-order valence-electron chi connectivity index (χ2n) is 6.00. The second-order valence-corrected chi connectivity index (χ2v) is 6.00. The molecule has 0 aromatic rings. The minimum atomic E-state index is 0.136. The number of hydrogen-bond acceptors (Lipinski definition) is 0. The van der Waals surface area contributed by atoms with E-state index in [1.54, 1.807) is 16.8 Å². The van der Waals surface area contributed by atoms with Gasteiger partial charge in [0, 0.05) is 31.1 Å². The minimum absolute atomic E-state index is 0.136. The van der Waals surface area contributed by atoms with Crippen molar-refractivity contribution in [1.82, 2.24) is 0 Å². The van der Waals surface area contributed by atoms with E-state index < -0.39 is 0 Å². The molecule has 0 saturated carbocycles. The zero-order valence-electron chi connectivity index (χ0n) is 11.2. The Labute approximate surface area is 104 Å². The Morgan fingerprint density at radius 1 is 1.18 bits per heavy atom. The van der Waals surface area contributed by atoms with Gasteiger partial charge in [0.1, 0.15) is 0 Å². The van der Waals surface area contributed by atoms with Gasteiger partial charge in [0.25, 0.3) is 0 Å². The lowest BCUT2D eigenvalue weighted by atomic mass is 9.84. The summed E-state index contributed by atoms with van der Waals surface area (Å²) in [6, 6.07) is 0. The predicted molar refractivity (Wildman–Crippen MR) is 72.4 cm³/mol. The third kappa shape index (κ3) is 1.55. The van der Waals surface area contributed by atoms with E-state index in [1.165, 1.54) is 37.7 Å². The molecule has 0 N–H and O–H groups in total. The second kappa shape index (κ2) is 3.69. The van der Waals surface area contributed by atoms with Crippen molar-refractivity contribution >= 4 is 6.21 Å². The molecule has 3 aliphatic rings. The van der Waals surface area contributed by atoms with Crippen molar-refractivity contribution < 1.29 is 4.58 Å². The largest absolute Gasteiger partial charge is 0.208 e. The molecule has 1 nitrogen and oxygen atoms in total. The molecule has 0 saturated heterocycles. The molecule has 90 valence electrons. The molecule has 0 radical (unpaired) electrons. The standard InChI is InChI=1S/C16H22N/c1-12-6-4-7-13-8-5-9-14-10-11-17(15(13)14)16(12,2)3/h6,10-11H,4-5,7-9H2,1-3H3/q+1. The van der Waals surface area contributed by atoms with E-state index in [0.29, 0.717) is 0 Å². The van der Waals surface area contributed by atoms with Crippen LogP contribution in [0.15, 0.2) is 34.6 Å². The van der Waals surface area contributed by atoms with Gasteiger partial charge in [-0.3, -0.25) is 0 Å². The lowest BCUT2D eigenvalue weighted by Gasteiger charge is -2.28. The zero-order valence-corrected chi connectivity index (χ0v) is 11.2. The highest BCUT2D eigenvalue weighted by Gasteiger charge is 2.41. The van der Waals surface area contributed by atoms with E-state index in [1.807, 2.05) is 0 Å². The normalized spacial score (nSPS) is 26.6. The first-order valence-electron chi connectivity index (χ1n) is 6.84. The van der Waals surface area contributed by atoms with Gasteiger partial charge in [0.05, 0.1) is 0 Å². The molecule has 0 fully saturated rings. The molecule has 0 amide bonds. The number of allylic oxidation sites excluding steroid dienone is 4. The fourth-order valence-corrected chi connectivity index (χ4v) is 3.29. The molecule has 0 spiro atoms. The summed E-state index contributed by atoms with van der Waals surface area (Å²) in [6.45, 7) is 6.97. The van der Waals surface area contributed by atoms with Crippen molar-refractivity contribution in [3.8, 4) is 0 Å². The molecular weight excluding hydrogens is 206 g/mol. The average Bonchev–Trinajstić information content (AvgIpc) is 2.72. The van der Waals surface area contributed by atoms with Crippen molar-refractivity contribution in [3.63, 3.8) is 0 Å². The fourth-order valence-electron chi connectivity index (χ4n) is 3.29. The van der Waals surface area contributed by atoms with Gasteiger partial charge in [-0.2, -0.15) is 4.58 Å². The Kier molecular flexibility index (Phi) is 2.39. The first kappa shape index (κ1) is 11.0. The number of rotatable bonds is 0. The van der Waals surface area contributed by atoms with Crippen molar-refractivity contribution in [2.45, 2.75) is 58.4 Å². The Balaban J connectivity index is 2.14. The molecule has 0 aromatic heterocycles. The Morgan fingerprint density at radius 2 is 2.00 bits per heavy atom. The summed E-state index contributed by atoms with van der Waals surface area (Å²) in [7, 11) is 0. The highest BCUT2D eigenvalue weighted by atomic mass is 15.1. The summed E-state index contributed by atoms with van der Waals surface area (Å²) in [4.78, 5) is 0. The fraction of sp³-hybridized carbons (Fsp3) is 0.562. The maximum Gasteiger partial charge on any atom is 0.208 e. The van der Waals surface area contributed by atoms with E-state index in [0.717, 1.165) is 0 Å². The van der Waals surface area contributed by atoms with Crippen LogP contribution < -0.4 is 0 Å². The van der Waals surface area contributed by atoms with E-state index in [-0.39, 0.29) is 5.54 Å². The van der Waals surface area contributed by atoms with Crippen molar-refractivity contribution in [3.05, 3.63) is 34.6 Å². The maximum absolute atomic E-state index is 2.52. The molecule has 0 unspecified atom stereocenters. The zero-order chi connectivity index (χ0) is 12.0. The van der Waals surface area contributed by atoms with Crippen molar-refractivity contribution in [2.75, 3.05) is 0 Å². The molecule has 0 atom stereocenters. The van der Waals surface area contributed by atoms with Gasteiger partial charge in [0.2, 0.25) is 5.70 Å². The topological polar surface area (TPSA) is 3.01 Å². The average molecular weight is 228 g/mol. The van der Waals surface area contributed by atoms with Gasteiger partial charge in [0.15, 0.2) is 11.8 Å². The summed E-state index contributed by atoms with van der Waals surface area (Å²) in [5.74, 6) is 0. The summed E-state index contributed by atoms with van der Waals surface area (Å²) >= 11 is 0. The molecule has 17 heavy (non-hydrogen) atoms. The molecule has 3 rings (SSSR count). The van der Waals surface area contributed by atoms with Gasteiger partial charge in [-0.05, 0) is 44.6 Å². The molecular formula is C16H22N+. The number of hydrogen-bond donors (Lipinski definition) is 0. The SMILES string of the molecule is CC1=CCCC2=C3C(=CC=[N+]3C1(C)C)CCC2. The van der Waals surface area contributed by atoms with Gasteiger partial charge in [-0.25, -0.2) is 0 Å². The Morgan fingerprint density at radius 3 is 2.82 bits per heavy atom.